The maximum Gasteiger partial charge on any atom is 0.239 e. The molecule has 0 aromatic heterocycles. The Morgan fingerprint density at radius 3 is 2.42 bits per heavy atom. The molecule has 2 aliphatic rings. The van der Waals surface area contributed by atoms with Crippen molar-refractivity contribution in [3.8, 4) is 0 Å². The SMILES string of the molecule is C/C=C/C=C(\C)N(CC(=O)NCCCO[C@H]1[C@@H](C)O[C@H](CO)C(O[C@H]2O[C@H](CO)[C@@H](C)[C@H](O)[C@H]2O)[C@@H]1O)c1ccc2ccccc2c1C. The first-order chi connectivity index (χ1) is 23.0. The number of carbonyl (C=O) groups is 1. The fraction of sp³-hybridized carbons (Fsp3) is 0.583. The minimum Gasteiger partial charge on any atom is -0.394 e. The van der Waals surface area contributed by atoms with E-state index in [0.717, 1.165) is 27.7 Å². The van der Waals surface area contributed by atoms with E-state index in [0.29, 0.717) is 13.0 Å². The number of rotatable bonds is 14. The van der Waals surface area contributed by atoms with Crippen LogP contribution in [0.5, 0.6) is 0 Å². The summed E-state index contributed by atoms with van der Waals surface area (Å²) in [7, 11) is 0. The predicted molar refractivity (Wildman–Crippen MR) is 181 cm³/mol. The smallest absolute Gasteiger partial charge is 0.239 e. The Bertz CT molecular complexity index is 1400. The highest BCUT2D eigenvalue weighted by Crippen LogP contribution is 2.33. The van der Waals surface area contributed by atoms with Gasteiger partial charge in [-0.2, -0.15) is 0 Å². The molecule has 12 nitrogen and oxygen atoms in total. The zero-order valence-electron chi connectivity index (χ0n) is 28.4. The van der Waals surface area contributed by atoms with Gasteiger partial charge in [0, 0.05) is 30.5 Å². The molecule has 12 heteroatoms. The van der Waals surface area contributed by atoms with Crippen LogP contribution in [0.4, 0.5) is 5.69 Å². The maximum absolute atomic E-state index is 13.2. The standard InChI is InChI=1S/C36H52N2O10/c1-6-7-11-21(2)38(27-15-14-25-12-8-9-13-26(25)22(27)3)18-30(41)37-16-10-17-45-34-24(5)46-29(20-40)35(33(34)44)48-36-32(43)31(42)23(4)28(19-39)47-36/h6-9,11-15,23-24,28-29,31-36,39-40,42-44H,10,16-20H2,1-5H3,(H,37,41)/b7-6+,21-11+/t23-,24-,28-,29-,31+,32-,33-,34+,35?,36-/m1/s1. The van der Waals surface area contributed by atoms with Gasteiger partial charge in [0.25, 0.3) is 0 Å². The van der Waals surface area contributed by atoms with Crippen molar-refractivity contribution in [3.63, 3.8) is 0 Å². The number of aryl methyl sites for hydroxylation is 1. The molecular formula is C36H52N2O10. The second-order valence-electron chi connectivity index (χ2n) is 12.6. The van der Waals surface area contributed by atoms with E-state index < -0.39 is 74.3 Å². The summed E-state index contributed by atoms with van der Waals surface area (Å²) in [5, 5.41) is 57.0. The van der Waals surface area contributed by atoms with Gasteiger partial charge in [-0.3, -0.25) is 4.79 Å². The van der Waals surface area contributed by atoms with Crippen LogP contribution >= 0.6 is 0 Å². The molecular weight excluding hydrogens is 620 g/mol. The second-order valence-corrected chi connectivity index (χ2v) is 12.6. The molecule has 1 amide bonds. The molecule has 2 fully saturated rings. The van der Waals surface area contributed by atoms with Crippen molar-refractivity contribution in [2.45, 2.75) is 96.2 Å². The van der Waals surface area contributed by atoms with Gasteiger partial charge in [0.15, 0.2) is 6.29 Å². The van der Waals surface area contributed by atoms with Crippen molar-refractivity contribution in [1.29, 1.82) is 0 Å². The molecule has 0 aliphatic carbocycles. The third-order valence-electron chi connectivity index (χ3n) is 9.28. The summed E-state index contributed by atoms with van der Waals surface area (Å²) in [6, 6.07) is 12.3. The number of fused-ring (bicyclic) bond motifs is 1. The molecule has 48 heavy (non-hydrogen) atoms. The lowest BCUT2D eigenvalue weighted by Crippen LogP contribution is -2.63. The second kappa shape index (κ2) is 17.7. The van der Waals surface area contributed by atoms with Crippen molar-refractivity contribution < 1.29 is 49.3 Å². The van der Waals surface area contributed by atoms with Crippen LogP contribution < -0.4 is 10.2 Å². The van der Waals surface area contributed by atoms with Crippen LogP contribution in [0, 0.1) is 12.8 Å². The van der Waals surface area contributed by atoms with Gasteiger partial charge in [0.05, 0.1) is 31.5 Å². The molecule has 2 heterocycles. The van der Waals surface area contributed by atoms with Gasteiger partial charge >= 0.3 is 0 Å². The summed E-state index contributed by atoms with van der Waals surface area (Å²) < 4.78 is 23.4. The van der Waals surface area contributed by atoms with Gasteiger partial charge < -0.3 is 54.7 Å². The van der Waals surface area contributed by atoms with E-state index in [1.165, 1.54) is 0 Å². The van der Waals surface area contributed by atoms with Gasteiger partial charge in [-0.05, 0) is 62.6 Å². The normalized spacial score (nSPS) is 31.3. The van der Waals surface area contributed by atoms with Crippen LogP contribution in [0.3, 0.4) is 0 Å². The quantitative estimate of drug-likeness (QED) is 0.128. The lowest BCUT2D eigenvalue weighted by molar-refractivity contribution is -0.336. The van der Waals surface area contributed by atoms with Crippen LogP contribution in [0.15, 0.2) is 60.3 Å². The van der Waals surface area contributed by atoms with Crippen LogP contribution in [0.2, 0.25) is 0 Å². The molecule has 6 N–H and O–H groups in total. The molecule has 2 aromatic carbocycles. The number of aliphatic hydroxyl groups excluding tert-OH is 5. The molecule has 266 valence electrons. The summed E-state index contributed by atoms with van der Waals surface area (Å²) in [5.41, 5.74) is 2.95. The van der Waals surface area contributed by atoms with Crippen molar-refractivity contribution in [1.82, 2.24) is 5.32 Å². The number of amides is 1. The molecule has 10 atom stereocenters. The van der Waals surface area contributed by atoms with Crippen LogP contribution in [-0.4, -0.2) is 119 Å². The molecule has 2 saturated heterocycles. The summed E-state index contributed by atoms with van der Waals surface area (Å²) >= 11 is 0. The lowest BCUT2D eigenvalue weighted by atomic mass is 9.90. The van der Waals surface area contributed by atoms with E-state index in [1.54, 1.807) is 13.8 Å². The Morgan fingerprint density at radius 2 is 1.71 bits per heavy atom. The monoisotopic (exact) mass is 672 g/mol. The number of ether oxygens (including phenoxy) is 4. The number of aliphatic hydroxyl groups is 5. The number of allylic oxidation sites excluding steroid dienone is 4. The average Bonchev–Trinajstić information content (AvgIpc) is 3.08. The molecule has 0 radical (unpaired) electrons. The Hall–Kier alpha value is -2.91. The third kappa shape index (κ3) is 8.81. The average molecular weight is 673 g/mol. The van der Waals surface area contributed by atoms with Crippen LogP contribution in [-0.2, 0) is 23.7 Å². The van der Waals surface area contributed by atoms with E-state index >= 15 is 0 Å². The van der Waals surface area contributed by atoms with E-state index in [9.17, 15) is 30.3 Å². The number of hydrogen-bond acceptors (Lipinski definition) is 11. The molecule has 2 aromatic rings. The fourth-order valence-electron chi connectivity index (χ4n) is 6.36. The first kappa shape index (κ1) is 37.9. The van der Waals surface area contributed by atoms with E-state index in [1.807, 2.05) is 55.2 Å². The summed E-state index contributed by atoms with van der Waals surface area (Å²) in [4.78, 5) is 15.2. The van der Waals surface area contributed by atoms with Crippen molar-refractivity contribution in [3.05, 3.63) is 65.9 Å². The maximum atomic E-state index is 13.2. The Kier molecular flexibility index (Phi) is 13.9. The Balaban J connectivity index is 1.33. The Morgan fingerprint density at radius 1 is 0.979 bits per heavy atom. The zero-order chi connectivity index (χ0) is 35.0. The number of hydrogen-bond donors (Lipinski definition) is 6. The number of anilines is 1. The van der Waals surface area contributed by atoms with Gasteiger partial charge in [-0.25, -0.2) is 0 Å². The van der Waals surface area contributed by atoms with Gasteiger partial charge in [-0.1, -0.05) is 49.4 Å². The summed E-state index contributed by atoms with van der Waals surface area (Å²) in [6.45, 7) is 9.08. The van der Waals surface area contributed by atoms with Crippen LogP contribution in [0.1, 0.15) is 39.7 Å². The Labute approximate surface area is 282 Å². The largest absolute Gasteiger partial charge is 0.394 e. The first-order valence-electron chi connectivity index (χ1n) is 16.7. The molecule has 0 spiro atoms. The number of nitrogens with zero attached hydrogens (tertiary/aromatic N) is 1. The van der Waals surface area contributed by atoms with Gasteiger partial charge in [0.2, 0.25) is 5.91 Å². The summed E-state index contributed by atoms with van der Waals surface area (Å²) in [6.07, 6.45) is -3.36. The minimum atomic E-state index is -1.44. The van der Waals surface area contributed by atoms with Crippen LogP contribution in [0.25, 0.3) is 10.8 Å². The van der Waals surface area contributed by atoms with E-state index in [-0.39, 0.29) is 19.1 Å². The highest BCUT2D eigenvalue weighted by atomic mass is 16.7. The van der Waals surface area contributed by atoms with E-state index in [4.69, 9.17) is 18.9 Å². The highest BCUT2D eigenvalue weighted by Gasteiger charge is 2.49. The highest BCUT2D eigenvalue weighted by molar-refractivity contribution is 5.92. The number of nitrogens with one attached hydrogen (secondary N) is 1. The van der Waals surface area contributed by atoms with Crippen molar-refractivity contribution in [2.75, 3.05) is 37.8 Å². The third-order valence-corrected chi connectivity index (χ3v) is 9.28. The molecule has 1 unspecified atom stereocenters. The summed E-state index contributed by atoms with van der Waals surface area (Å²) in [5.74, 6) is -0.708. The lowest BCUT2D eigenvalue weighted by Gasteiger charge is -2.47. The zero-order valence-corrected chi connectivity index (χ0v) is 28.4. The fourth-order valence-corrected chi connectivity index (χ4v) is 6.36. The number of benzene rings is 2. The predicted octanol–water partition coefficient (Wildman–Crippen LogP) is 1.93. The first-order valence-corrected chi connectivity index (χ1v) is 16.7. The van der Waals surface area contributed by atoms with E-state index in [2.05, 4.69) is 30.4 Å². The van der Waals surface area contributed by atoms with Crippen molar-refractivity contribution in [2.24, 2.45) is 5.92 Å². The molecule has 0 bridgehead atoms. The molecule has 0 saturated carbocycles. The molecule has 2 aliphatic heterocycles. The van der Waals surface area contributed by atoms with Gasteiger partial charge in [-0.15, -0.1) is 0 Å². The van der Waals surface area contributed by atoms with Crippen molar-refractivity contribution >= 4 is 22.4 Å². The molecule has 4 rings (SSSR count). The minimum absolute atomic E-state index is 0.118. The number of carbonyl (C=O) groups excluding carboxylic acids is 1. The van der Waals surface area contributed by atoms with Gasteiger partial charge in [0.1, 0.15) is 37.1 Å². The topological polar surface area (TPSA) is 170 Å².